The Balaban J connectivity index is 1.63. The van der Waals surface area contributed by atoms with Crippen molar-refractivity contribution in [1.29, 1.82) is 0 Å². The Morgan fingerprint density at radius 2 is 2.10 bits per heavy atom. The van der Waals surface area contributed by atoms with Crippen molar-refractivity contribution in [2.45, 2.75) is 65.5 Å². The van der Waals surface area contributed by atoms with Crippen LogP contribution < -0.4 is 0 Å². The van der Waals surface area contributed by atoms with Gasteiger partial charge in [-0.25, -0.2) is 9.67 Å². The van der Waals surface area contributed by atoms with Gasteiger partial charge in [0.1, 0.15) is 5.82 Å². The second kappa shape index (κ2) is 5.84. The molecule has 3 heterocycles. The summed E-state index contributed by atoms with van der Waals surface area (Å²) in [5, 5.41) is 4.74. The van der Waals surface area contributed by atoms with Crippen molar-refractivity contribution in [2.24, 2.45) is 11.8 Å². The highest BCUT2D eigenvalue weighted by atomic mass is 15.3. The minimum atomic E-state index is 0.668. The van der Waals surface area contributed by atoms with Crippen LogP contribution in [-0.4, -0.2) is 38.8 Å². The first-order valence-electron chi connectivity index (χ1n) is 8.28. The van der Waals surface area contributed by atoms with Crippen LogP contribution in [0.25, 0.3) is 0 Å². The second-order valence-electron chi connectivity index (χ2n) is 7.07. The summed E-state index contributed by atoms with van der Waals surface area (Å²) < 4.78 is 2.15. The third kappa shape index (κ3) is 3.05. The van der Waals surface area contributed by atoms with Gasteiger partial charge in [-0.05, 0) is 51.5 Å². The third-order valence-corrected chi connectivity index (χ3v) is 4.91. The standard InChI is InChI=1S/C16H28N4/c1-12(2)19-7-4-5-14(11-19)10-15-17-16-9-13(3)6-8-20(16)18-15/h12-14H,4-11H2,1-3H3. The molecule has 0 radical (unpaired) electrons. The van der Waals surface area contributed by atoms with E-state index in [-0.39, 0.29) is 0 Å². The van der Waals surface area contributed by atoms with E-state index in [9.17, 15) is 0 Å². The van der Waals surface area contributed by atoms with Crippen molar-refractivity contribution in [2.75, 3.05) is 13.1 Å². The summed E-state index contributed by atoms with van der Waals surface area (Å²) in [7, 11) is 0. The molecule has 2 aliphatic rings. The molecule has 4 nitrogen and oxygen atoms in total. The molecule has 2 aliphatic heterocycles. The van der Waals surface area contributed by atoms with Crippen molar-refractivity contribution in [1.82, 2.24) is 19.7 Å². The number of likely N-dealkylation sites (tertiary alicyclic amines) is 1. The first-order valence-corrected chi connectivity index (χ1v) is 8.28. The van der Waals surface area contributed by atoms with Crippen molar-refractivity contribution >= 4 is 0 Å². The van der Waals surface area contributed by atoms with Gasteiger partial charge >= 0.3 is 0 Å². The van der Waals surface area contributed by atoms with Crippen LogP contribution in [0, 0.1) is 11.8 Å². The molecule has 112 valence electrons. The Kier molecular flexibility index (Phi) is 4.11. The fraction of sp³-hybridized carbons (Fsp3) is 0.875. The van der Waals surface area contributed by atoms with Crippen molar-refractivity contribution in [3.05, 3.63) is 11.6 Å². The summed E-state index contributed by atoms with van der Waals surface area (Å²) in [5.41, 5.74) is 0. The van der Waals surface area contributed by atoms with E-state index >= 15 is 0 Å². The van der Waals surface area contributed by atoms with E-state index in [2.05, 4.69) is 30.4 Å². The second-order valence-corrected chi connectivity index (χ2v) is 7.07. The normalized spacial score (nSPS) is 27.8. The number of hydrogen-bond acceptors (Lipinski definition) is 3. The zero-order chi connectivity index (χ0) is 14.1. The average molecular weight is 276 g/mol. The SMILES string of the molecule is CC1CCn2nc(CC3CCCN(C(C)C)C3)nc2C1. The van der Waals surface area contributed by atoms with Gasteiger partial charge in [0, 0.05) is 32.0 Å². The Morgan fingerprint density at radius 1 is 1.25 bits per heavy atom. The smallest absolute Gasteiger partial charge is 0.151 e. The van der Waals surface area contributed by atoms with Gasteiger partial charge in [-0.3, -0.25) is 0 Å². The molecule has 1 aromatic heterocycles. The number of piperidine rings is 1. The molecule has 1 fully saturated rings. The van der Waals surface area contributed by atoms with Gasteiger partial charge in [-0.2, -0.15) is 5.10 Å². The molecule has 0 aliphatic carbocycles. The fourth-order valence-electron chi connectivity index (χ4n) is 3.59. The molecule has 0 N–H and O–H groups in total. The molecular formula is C16H28N4. The van der Waals surface area contributed by atoms with Crippen LogP contribution in [0.15, 0.2) is 0 Å². The Bertz CT molecular complexity index is 451. The van der Waals surface area contributed by atoms with Crippen molar-refractivity contribution in [3.8, 4) is 0 Å². The molecule has 1 aromatic rings. The molecule has 1 saturated heterocycles. The zero-order valence-electron chi connectivity index (χ0n) is 13.2. The number of aromatic nitrogens is 3. The summed E-state index contributed by atoms with van der Waals surface area (Å²) in [6.45, 7) is 10.5. The number of rotatable bonds is 3. The Labute approximate surface area is 122 Å². The maximum Gasteiger partial charge on any atom is 0.151 e. The molecule has 20 heavy (non-hydrogen) atoms. The van der Waals surface area contributed by atoms with E-state index < -0.39 is 0 Å². The molecule has 4 heteroatoms. The summed E-state index contributed by atoms with van der Waals surface area (Å²) >= 11 is 0. The molecule has 2 atom stereocenters. The van der Waals surface area contributed by atoms with Crippen molar-refractivity contribution < 1.29 is 0 Å². The number of fused-ring (bicyclic) bond motifs is 1. The Morgan fingerprint density at radius 3 is 2.90 bits per heavy atom. The zero-order valence-corrected chi connectivity index (χ0v) is 13.2. The van der Waals surface area contributed by atoms with E-state index in [1.54, 1.807) is 0 Å². The lowest BCUT2D eigenvalue weighted by Crippen LogP contribution is -2.40. The summed E-state index contributed by atoms with van der Waals surface area (Å²) in [4.78, 5) is 7.40. The third-order valence-electron chi connectivity index (χ3n) is 4.91. The van der Waals surface area contributed by atoms with E-state index in [4.69, 9.17) is 10.1 Å². The van der Waals surface area contributed by atoms with E-state index in [1.807, 2.05) is 0 Å². The lowest BCUT2D eigenvalue weighted by molar-refractivity contribution is 0.138. The molecule has 3 rings (SSSR count). The molecule has 0 aromatic carbocycles. The molecule has 2 unspecified atom stereocenters. The molecular weight excluding hydrogens is 248 g/mol. The van der Waals surface area contributed by atoms with Gasteiger partial charge in [0.05, 0.1) is 0 Å². The van der Waals surface area contributed by atoms with E-state index in [0.29, 0.717) is 6.04 Å². The monoisotopic (exact) mass is 276 g/mol. The van der Waals surface area contributed by atoms with Crippen LogP contribution in [0.3, 0.4) is 0 Å². The predicted octanol–water partition coefficient (Wildman–Crippen LogP) is 2.52. The predicted molar refractivity (Wildman–Crippen MR) is 80.6 cm³/mol. The minimum absolute atomic E-state index is 0.668. The number of nitrogens with zero attached hydrogens (tertiary/aromatic N) is 4. The quantitative estimate of drug-likeness (QED) is 0.850. The topological polar surface area (TPSA) is 34.0 Å². The van der Waals surface area contributed by atoms with Crippen LogP contribution in [0.1, 0.15) is 51.7 Å². The van der Waals surface area contributed by atoms with Crippen LogP contribution in [0.5, 0.6) is 0 Å². The number of hydrogen-bond donors (Lipinski definition) is 0. The lowest BCUT2D eigenvalue weighted by atomic mass is 9.94. The molecule has 0 saturated carbocycles. The van der Waals surface area contributed by atoms with Gasteiger partial charge in [0.15, 0.2) is 5.82 Å². The van der Waals surface area contributed by atoms with E-state index in [0.717, 1.165) is 37.0 Å². The van der Waals surface area contributed by atoms with Gasteiger partial charge in [0.2, 0.25) is 0 Å². The highest BCUT2D eigenvalue weighted by Gasteiger charge is 2.24. The highest BCUT2D eigenvalue weighted by Crippen LogP contribution is 2.23. The highest BCUT2D eigenvalue weighted by molar-refractivity contribution is 4.98. The van der Waals surface area contributed by atoms with E-state index in [1.165, 1.54) is 38.2 Å². The van der Waals surface area contributed by atoms with Crippen LogP contribution in [0.2, 0.25) is 0 Å². The Hall–Kier alpha value is -0.900. The molecule has 0 bridgehead atoms. The first kappa shape index (κ1) is 14.1. The summed E-state index contributed by atoms with van der Waals surface area (Å²) in [5.74, 6) is 3.82. The first-order chi connectivity index (χ1) is 9.61. The molecule has 0 spiro atoms. The number of aryl methyl sites for hydroxylation is 1. The van der Waals surface area contributed by atoms with Crippen LogP contribution >= 0.6 is 0 Å². The minimum Gasteiger partial charge on any atom is -0.301 e. The average Bonchev–Trinajstić information content (AvgIpc) is 2.80. The largest absolute Gasteiger partial charge is 0.301 e. The van der Waals surface area contributed by atoms with Gasteiger partial charge < -0.3 is 4.90 Å². The maximum absolute atomic E-state index is 4.80. The van der Waals surface area contributed by atoms with Gasteiger partial charge in [0.25, 0.3) is 0 Å². The lowest BCUT2D eigenvalue weighted by Gasteiger charge is -2.35. The van der Waals surface area contributed by atoms with Crippen LogP contribution in [-0.2, 0) is 19.4 Å². The fourth-order valence-corrected chi connectivity index (χ4v) is 3.59. The molecule has 0 amide bonds. The van der Waals surface area contributed by atoms with Crippen molar-refractivity contribution in [3.63, 3.8) is 0 Å². The maximum atomic E-state index is 4.80. The van der Waals surface area contributed by atoms with Crippen LogP contribution in [0.4, 0.5) is 0 Å². The summed E-state index contributed by atoms with van der Waals surface area (Å²) in [6.07, 6.45) is 6.09. The van der Waals surface area contributed by atoms with Gasteiger partial charge in [-0.1, -0.05) is 6.92 Å². The van der Waals surface area contributed by atoms with Gasteiger partial charge in [-0.15, -0.1) is 0 Å². The summed E-state index contributed by atoms with van der Waals surface area (Å²) in [6, 6.07) is 0.668.